The van der Waals surface area contributed by atoms with Crippen molar-refractivity contribution in [1.82, 2.24) is 4.98 Å². The first kappa shape index (κ1) is 25.0. The molecule has 184 valence electrons. The summed E-state index contributed by atoms with van der Waals surface area (Å²) in [5, 5.41) is 3.10. The summed E-state index contributed by atoms with van der Waals surface area (Å²) in [5.41, 5.74) is 2.34. The zero-order valence-electron chi connectivity index (χ0n) is 19.4. The lowest BCUT2D eigenvalue weighted by molar-refractivity contribution is 0.0991. The predicted octanol–water partition coefficient (Wildman–Crippen LogP) is 6.09. The number of rotatable bonds is 8. The van der Waals surface area contributed by atoms with E-state index in [2.05, 4.69) is 21.6 Å². The van der Waals surface area contributed by atoms with Gasteiger partial charge in [-0.25, -0.2) is 13.4 Å². The van der Waals surface area contributed by atoms with Crippen molar-refractivity contribution < 1.29 is 22.4 Å². The van der Waals surface area contributed by atoms with Gasteiger partial charge >= 0.3 is 5.91 Å². The lowest BCUT2D eigenvalue weighted by atomic mass is 10.1. The summed E-state index contributed by atoms with van der Waals surface area (Å²) in [6, 6.07) is 19.7. The van der Waals surface area contributed by atoms with Crippen LogP contribution in [-0.4, -0.2) is 26.4 Å². The topological polar surface area (TPSA) is 111 Å². The molecule has 1 amide bonds. The number of nitrogens with one attached hydrogen (secondary N) is 2. The van der Waals surface area contributed by atoms with E-state index in [0.717, 1.165) is 5.56 Å². The third-order valence-corrected chi connectivity index (χ3v) is 6.72. The molecule has 0 fully saturated rings. The van der Waals surface area contributed by atoms with Gasteiger partial charge in [-0.05, 0) is 55.0 Å². The maximum atomic E-state index is 13.1. The summed E-state index contributed by atoms with van der Waals surface area (Å²) < 4.78 is 39.6. The Bertz CT molecular complexity index is 1530. The van der Waals surface area contributed by atoms with Crippen molar-refractivity contribution in [2.45, 2.75) is 11.8 Å². The van der Waals surface area contributed by atoms with E-state index in [1.54, 1.807) is 19.1 Å². The van der Waals surface area contributed by atoms with Crippen molar-refractivity contribution in [1.29, 1.82) is 0 Å². The van der Waals surface area contributed by atoms with Crippen molar-refractivity contribution in [2.24, 2.45) is 0 Å². The van der Waals surface area contributed by atoms with Crippen LogP contribution >= 0.6 is 11.6 Å². The molecule has 0 bridgehead atoms. The molecule has 0 radical (unpaired) electrons. The number of sulfonamides is 1. The predicted molar refractivity (Wildman–Crippen MR) is 140 cm³/mol. The molecular formula is C26H22ClN3O5S. The molecule has 0 unspecified atom stereocenters. The van der Waals surface area contributed by atoms with Crippen LogP contribution < -0.4 is 14.8 Å². The summed E-state index contributed by atoms with van der Waals surface area (Å²) in [7, 11) is -2.71. The smallest absolute Gasteiger partial charge is 0.311 e. The summed E-state index contributed by atoms with van der Waals surface area (Å²) in [6.45, 7) is 5.68. The molecule has 36 heavy (non-hydrogen) atoms. The summed E-state index contributed by atoms with van der Waals surface area (Å²) in [5.74, 6) is -0.329. The van der Waals surface area contributed by atoms with Gasteiger partial charge in [-0.15, -0.1) is 0 Å². The third kappa shape index (κ3) is 5.42. The number of benzene rings is 3. The van der Waals surface area contributed by atoms with Crippen LogP contribution in [0.25, 0.3) is 16.9 Å². The minimum Gasteiger partial charge on any atom is -0.495 e. The number of carbonyl (C=O) groups excluding carboxylic acids is 1. The van der Waals surface area contributed by atoms with E-state index >= 15 is 0 Å². The minimum absolute atomic E-state index is 0.0986. The van der Waals surface area contributed by atoms with Crippen LogP contribution in [0.4, 0.5) is 11.4 Å². The summed E-state index contributed by atoms with van der Waals surface area (Å²) in [4.78, 5) is 17.1. The monoisotopic (exact) mass is 523 g/mol. The van der Waals surface area contributed by atoms with Gasteiger partial charge < -0.3 is 14.5 Å². The number of amides is 1. The Kier molecular flexibility index (Phi) is 7.14. The Balaban J connectivity index is 1.63. The SMILES string of the molecule is C=C(C)c1nc(C(=O)Nc2ccc(OC)c(S(=O)(=O)Nc3ccc(Cl)cc3)c2)oc1-c1ccccc1. The molecule has 1 aromatic heterocycles. The van der Waals surface area contributed by atoms with E-state index in [1.165, 1.54) is 37.4 Å². The van der Waals surface area contributed by atoms with Crippen molar-refractivity contribution in [3.05, 3.63) is 96.0 Å². The number of methoxy groups -OCH3 is 1. The fourth-order valence-corrected chi connectivity index (χ4v) is 4.75. The van der Waals surface area contributed by atoms with Crippen molar-refractivity contribution in [3.8, 4) is 17.1 Å². The van der Waals surface area contributed by atoms with Crippen molar-refractivity contribution in [2.75, 3.05) is 17.1 Å². The fraction of sp³-hybridized carbons (Fsp3) is 0.0769. The first-order valence-electron chi connectivity index (χ1n) is 10.7. The molecule has 10 heteroatoms. The molecule has 0 aliphatic heterocycles. The van der Waals surface area contributed by atoms with Gasteiger partial charge in [0, 0.05) is 22.0 Å². The van der Waals surface area contributed by atoms with Gasteiger partial charge in [0.25, 0.3) is 15.9 Å². The summed E-state index contributed by atoms with van der Waals surface area (Å²) in [6.07, 6.45) is 0. The van der Waals surface area contributed by atoms with Crippen molar-refractivity contribution >= 4 is 44.5 Å². The van der Waals surface area contributed by atoms with Gasteiger partial charge in [0.05, 0.1) is 7.11 Å². The second-order valence-electron chi connectivity index (χ2n) is 7.78. The first-order chi connectivity index (χ1) is 17.2. The zero-order chi connectivity index (χ0) is 25.9. The second kappa shape index (κ2) is 10.3. The number of aromatic nitrogens is 1. The fourth-order valence-electron chi connectivity index (χ4n) is 3.37. The highest BCUT2D eigenvalue weighted by atomic mass is 35.5. The minimum atomic E-state index is -4.06. The number of halogens is 1. The number of oxazole rings is 1. The Hall–Kier alpha value is -4.08. The molecule has 3 aromatic carbocycles. The van der Waals surface area contributed by atoms with Gasteiger partial charge in [0.2, 0.25) is 0 Å². The van der Waals surface area contributed by atoms with Gasteiger partial charge in [-0.3, -0.25) is 9.52 Å². The van der Waals surface area contributed by atoms with Crippen LogP contribution in [0.5, 0.6) is 5.75 Å². The summed E-state index contributed by atoms with van der Waals surface area (Å²) >= 11 is 5.88. The Morgan fingerprint density at radius 1 is 1.03 bits per heavy atom. The van der Waals surface area contributed by atoms with Gasteiger partial charge in [-0.2, -0.15) is 0 Å². The number of carbonyl (C=O) groups is 1. The lowest BCUT2D eigenvalue weighted by Gasteiger charge is -2.13. The maximum Gasteiger partial charge on any atom is 0.311 e. The Morgan fingerprint density at radius 3 is 2.33 bits per heavy atom. The molecule has 0 aliphatic carbocycles. The van der Waals surface area contributed by atoms with Crippen LogP contribution in [0, 0.1) is 0 Å². The zero-order valence-corrected chi connectivity index (χ0v) is 21.0. The molecule has 8 nitrogen and oxygen atoms in total. The van der Waals surface area contributed by atoms with Crippen LogP contribution in [0.15, 0.2) is 88.7 Å². The number of anilines is 2. The highest BCUT2D eigenvalue weighted by molar-refractivity contribution is 7.92. The molecule has 4 rings (SSSR count). The van der Waals surface area contributed by atoms with E-state index in [4.69, 9.17) is 20.8 Å². The second-order valence-corrected chi connectivity index (χ2v) is 9.86. The largest absolute Gasteiger partial charge is 0.495 e. The molecule has 1 heterocycles. The van der Waals surface area contributed by atoms with Gasteiger partial charge in [0.15, 0.2) is 5.76 Å². The molecule has 0 saturated carbocycles. The van der Waals surface area contributed by atoms with Crippen LogP contribution in [0.3, 0.4) is 0 Å². The number of hydrogen-bond donors (Lipinski definition) is 2. The number of nitrogens with zero attached hydrogens (tertiary/aromatic N) is 1. The molecule has 2 N–H and O–H groups in total. The molecule has 0 saturated heterocycles. The number of ether oxygens (including phenoxy) is 1. The average Bonchev–Trinajstić information content (AvgIpc) is 3.32. The molecular weight excluding hydrogens is 502 g/mol. The quantitative estimate of drug-likeness (QED) is 0.289. The standard InChI is InChI=1S/C26H22ClN3O5S/c1-16(2)23-24(17-7-5-4-6-8-17)35-26(29-23)25(31)28-20-13-14-21(34-3)22(15-20)36(32,33)30-19-11-9-18(27)10-12-19/h4-15,30H,1H2,2-3H3,(H,28,31). The van der Waals surface area contributed by atoms with Gasteiger partial charge in [0.1, 0.15) is 16.3 Å². The van der Waals surface area contributed by atoms with E-state index in [0.29, 0.717) is 27.7 Å². The first-order valence-corrected chi connectivity index (χ1v) is 12.5. The van der Waals surface area contributed by atoms with E-state index in [9.17, 15) is 13.2 Å². The molecule has 0 atom stereocenters. The third-order valence-electron chi connectivity index (χ3n) is 5.07. The number of hydrogen-bond acceptors (Lipinski definition) is 6. The van der Waals surface area contributed by atoms with Crippen LogP contribution in [0.1, 0.15) is 23.3 Å². The Morgan fingerprint density at radius 2 is 1.69 bits per heavy atom. The van der Waals surface area contributed by atoms with Crippen LogP contribution in [0.2, 0.25) is 5.02 Å². The average molecular weight is 524 g/mol. The highest BCUT2D eigenvalue weighted by Crippen LogP contribution is 2.31. The van der Waals surface area contributed by atoms with Gasteiger partial charge in [-0.1, -0.05) is 48.5 Å². The molecule has 4 aromatic rings. The van der Waals surface area contributed by atoms with E-state index in [-0.39, 0.29) is 22.2 Å². The van der Waals surface area contributed by atoms with Crippen LogP contribution in [-0.2, 0) is 10.0 Å². The number of allylic oxidation sites excluding steroid dienone is 1. The molecule has 0 aliphatic rings. The highest BCUT2D eigenvalue weighted by Gasteiger charge is 2.24. The Labute approximate surface area is 213 Å². The maximum absolute atomic E-state index is 13.1. The molecule has 0 spiro atoms. The van der Waals surface area contributed by atoms with E-state index in [1.807, 2.05) is 30.3 Å². The lowest BCUT2D eigenvalue weighted by Crippen LogP contribution is -2.16. The van der Waals surface area contributed by atoms with Crippen molar-refractivity contribution in [3.63, 3.8) is 0 Å². The van der Waals surface area contributed by atoms with E-state index < -0.39 is 15.9 Å². The normalized spacial score (nSPS) is 11.1.